The number of nitrogens with one attached hydrogen (secondary N) is 1. The van der Waals surface area contributed by atoms with Gasteiger partial charge in [0.2, 0.25) is 10.0 Å². The number of anilines is 1. The molecule has 0 aliphatic carbocycles. The highest BCUT2D eigenvalue weighted by Crippen LogP contribution is 2.33. The molecule has 27 heavy (non-hydrogen) atoms. The van der Waals surface area contributed by atoms with Crippen molar-refractivity contribution < 1.29 is 23.2 Å². The van der Waals surface area contributed by atoms with Gasteiger partial charge < -0.3 is 9.64 Å². The minimum atomic E-state index is -3.92. The number of piperazine rings is 1. The number of hydroxylamine groups is 1. The van der Waals surface area contributed by atoms with Crippen molar-refractivity contribution in [1.29, 1.82) is 0 Å². The standard InChI is InChI=1S/C18H27N3O5S/c1-2-15-3-5-16(6-4-15)20-9-11-21(12-10-20)27(24,25)18(17(22)19-23)7-13-26-14-8-18/h3-6,23H,2,7-14H2,1H3,(H,19,22). The highest BCUT2D eigenvalue weighted by molar-refractivity contribution is 7.91. The number of nitrogens with zero attached hydrogens (tertiary/aromatic N) is 2. The second-order valence-electron chi connectivity index (χ2n) is 6.96. The maximum absolute atomic E-state index is 13.3. The number of hydrogen-bond donors (Lipinski definition) is 2. The lowest BCUT2D eigenvalue weighted by Crippen LogP contribution is -2.62. The van der Waals surface area contributed by atoms with E-state index in [0.29, 0.717) is 26.2 Å². The molecule has 2 saturated heterocycles. The monoisotopic (exact) mass is 397 g/mol. The van der Waals surface area contributed by atoms with E-state index in [9.17, 15) is 13.2 Å². The molecule has 1 amide bonds. The van der Waals surface area contributed by atoms with Crippen LogP contribution in [-0.4, -0.2) is 68.0 Å². The summed E-state index contributed by atoms with van der Waals surface area (Å²) in [5.41, 5.74) is 3.88. The normalized spacial score (nSPS) is 21.0. The summed E-state index contributed by atoms with van der Waals surface area (Å²) in [4.78, 5) is 14.4. The van der Waals surface area contributed by atoms with E-state index in [1.807, 2.05) is 0 Å². The molecule has 2 N–H and O–H groups in total. The lowest BCUT2D eigenvalue weighted by atomic mass is 9.98. The summed E-state index contributed by atoms with van der Waals surface area (Å²) >= 11 is 0. The van der Waals surface area contributed by atoms with Crippen molar-refractivity contribution >= 4 is 21.6 Å². The predicted octanol–water partition coefficient (Wildman–Crippen LogP) is 0.755. The van der Waals surface area contributed by atoms with E-state index in [-0.39, 0.29) is 26.1 Å². The van der Waals surface area contributed by atoms with E-state index in [1.165, 1.54) is 9.87 Å². The molecule has 0 saturated carbocycles. The molecule has 150 valence electrons. The molecule has 0 spiro atoms. The molecule has 0 unspecified atom stereocenters. The summed E-state index contributed by atoms with van der Waals surface area (Å²) < 4.78 is 31.5. The largest absolute Gasteiger partial charge is 0.381 e. The zero-order valence-electron chi connectivity index (χ0n) is 15.6. The van der Waals surface area contributed by atoms with Gasteiger partial charge in [0.15, 0.2) is 4.75 Å². The highest BCUT2D eigenvalue weighted by Gasteiger charge is 2.54. The number of carbonyl (C=O) groups excluding carboxylic acids is 1. The van der Waals surface area contributed by atoms with Crippen LogP contribution in [0.15, 0.2) is 24.3 Å². The molecule has 0 bridgehead atoms. The first-order valence-corrected chi connectivity index (χ1v) is 10.7. The molecule has 2 aliphatic rings. The van der Waals surface area contributed by atoms with Crippen LogP contribution in [0.4, 0.5) is 5.69 Å². The van der Waals surface area contributed by atoms with Crippen molar-refractivity contribution in [3.8, 4) is 0 Å². The van der Waals surface area contributed by atoms with E-state index in [2.05, 4.69) is 36.1 Å². The number of rotatable bonds is 5. The van der Waals surface area contributed by atoms with Gasteiger partial charge in [-0.15, -0.1) is 0 Å². The Bertz CT molecular complexity index is 752. The van der Waals surface area contributed by atoms with Crippen molar-refractivity contribution in [2.75, 3.05) is 44.3 Å². The van der Waals surface area contributed by atoms with Gasteiger partial charge in [-0.3, -0.25) is 10.0 Å². The van der Waals surface area contributed by atoms with Crippen LogP contribution in [0.5, 0.6) is 0 Å². The van der Waals surface area contributed by atoms with Crippen LogP contribution >= 0.6 is 0 Å². The van der Waals surface area contributed by atoms with Crippen LogP contribution in [0.1, 0.15) is 25.3 Å². The number of benzene rings is 1. The highest BCUT2D eigenvalue weighted by atomic mass is 32.2. The Morgan fingerprint density at radius 1 is 1.15 bits per heavy atom. The Kier molecular flexibility index (Phi) is 6.05. The minimum Gasteiger partial charge on any atom is -0.381 e. The Hall–Kier alpha value is -1.68. The third-order valence-corrected chi connectivity index (χ3v) is 8.22. The van der Waals surface area contributed by atoms with Gasteiger partial charge in [-0.25, -0.2) is 13.9 Å². The van der Waals surface area contributed by atoms with Crippen molar-refractivity contribution in [3.05, 3.63) is 29.8 Å². The third kappa shape index (κ3) is 3.69. The molecular weight excluding hydrogens is 370 g/mol. The second kappa shape index (κ2) is 8.14. The summed E-state index contributed by atoms with van der Waals surface area (Å²) in [6.45, 7) is 4.18. The van der Waals surface area contributed by atoms with Crippen molar-refractivity contribution in [3.63, 3.8) is 0 Å². The smallest absolute Gasteiger partial charge is 0.266 e. The van der Waals surface area contributed by atoms with E-state index in [1.54, 1.807) is 5.48 Å². The molecule has 3 rings (SSSR count). The van der Waals surface area contributed by atoms with Gasteiger partial charge in [0, 0.05) is 57.9 Å². The van der Waals surface area contributed by atoms with Crippen molar-refractivity contribution in [2.24, 2.45) is 0 Å². The summed E-state index contributed by atoms with van der Waals surface area (Å²) in [7, 11) is -3.92. The van der Waals surface area contributed by atoms with Gasteiger partial charge in [-0.2, -0.15) is 4.31 Å². The third-order valence-electron chi connectivity index (χ3n) is 5.60. The number of amides is 1. The van der Waals surface area contributed by atoms with Crippen LogP contribution in [0.2, 0.25) is 0 Å². The first kappa shape index (κ1) is 20.1. The van der Waals surface area contributed by atoms with E-state index in [0.717, 1.165) is 12.1 Å². The fourth-order valence-electron chi connectivity index (χ4n) is 3.78. The minimum absolute atomic E-state index is 0.0421. The number of sulfonamides is 1. The SMILES string of the molecule is CCc1ccc(N2CCN(S(=O)(=O)C3(C(=O)NO)CCOCC3)CC2)cc1. The molecule has 2 fully saturated rings. The topological polar surface area (TPSA) is 99.2 Å². The second-order valence-corrected chi connectivity index (χ2v) is 9.21. The van der Waals surface area contributed by atoms with Crippen LogP contribution in [-0.2, 0) is 26.0 Å². The summed E-state index contributed by atoms with van der Waals surface area (Å²) in [6.07, 6.45) is 1.06. The van der Waals surface area contributed by atoms with Crippen LogP contribution in [0.25, 0.3) is 0 Å². The molecule has 0 radical (unpaired) electrons. The summed E-state index contributed by atoms with van der Waals surface area (Å²) in [5.74, 6) is -0.872. The van der Waals surface area contributed by atoms with Gasteiger partial charge in [-0.05, 0) is 24.1 Å². The van der Waals surface area contributed by atoms with Crippen molar-refractivity contribution in [2.45, 2.75) is 30.9 Å². The quantitative estimate of drug-likeness (QED) is 0.562. The predicted molar refractivity (Wildman–Crippen MR) is 101 cm³/mol. The number of hydrogen-bond acceptors (Lipinski definition) is 6. The lowest BCUT2D eigenvalue weighted by molar-refractivity contribution is -0.134. The molecule has 9 heteroatoms. The fourth-order valence-corrected chi connectivity index (χ4v) is 5.88. The zero-order chi connectivity index (χ0) is 19.5. The Balaban J connectivity index is 1.74. The van der Waals surface area contributed by atoms with E-state index in [4.69, 9.17) is 9.94 Å². The first-order valence-electron chi connectivity index (χ1n) is 9.30. The molecule has 0 atom stereocenters. The average molecular weight is 397 g/mol. The molecule has 2 aliphatic heterocycles. The van der Waals surface area contributed by atoms with Crippen LogP contribution in [0, 0.1) is 0 Å². The lowest BCUT2D eigenvalue weighted by Gasteiger charge is -2.42. The Labute approximate surface area is 160 Å². The maximum Gasteiger partial charge on any atom is 0.266 e. The zero-order valence-corrected chi connectivity index (χ0v) is 16.4. The number of ether oxygens (including phenoxy) is 1. The molecule has 1 aromatic carbocycles. The van der Waals surface area contributed by atoms with Gasteiger partial charge in [-0.1, -0.05) is 19.1 Å². The average Bonchev–Trinajstić information content (AvgIpc) is 2.73. The van der Waals surface area contributed by atoms with Gasteiger partial charge in [0.25, 0.3) is 5.91 Å². The van der Waals surface area contributed by atoms with Crippen LogP contribution < -0.4 is 10.4 Å². The molecule has 1 aromatic rings. The molecule has 0 aromatic heterocycles. The summed E-state index contributed by atoms with van der Waals surface area (Å²) in [6, 6.07) is 8.28. The summed E-state index contributed by atoms with van der Waals surface area (Å²) in [5, 5.41) is 9.12. The Morgan fingerprint density at radius 2 is 1.74 bits per heavy atom. The van der Waals surface area contributed by atoms with Gasteiger partial charge in [0.05, 0.1) is 0 Å². The van der Waals surface area contributed by atoms with Crippen LogP contribution in [0.3, 0.4) is 0 Å². The molecular formula is C18H27N3O5S. The van der Waals surface area contributed by atoms with E-state index >= 15 is 0 Å². The van der Waals surface area contributed by atoms with Gasteiger partial charge >= 0.3 is 0 Å². The number of aryl methyl sites for hydroxylation is 1. The maximum atomic E-state index is 13.3. The molecule has 8 nitrogen and oxygen atoms in total. The van der Waals surface area contributed by atoms with Crippen molar-refractivity contribution in [1.82, 2.24) is 9.79 Å². The fraction of sp³-hybridized carbons (Fsp3) is 0.611. The Morgan fingerprint density at radius 3 is 2.26 bits per heavy atom. The van der Waals surface area contributed by atoms with Gasteiger partial charge in [0.1, 0.15) is 0 Å². The molecule has 2 heterocycles. The van der Waals surface area contributed by atoms with E-state index < -0.39 is 20.7 Å². The first-order chi connectivity index (χ1) is 12.9. The number of carbonyl (C=O) groups is 1.